The Labute approximate surface area is 113 Å². The van der Waals surface area contributed by atoms with Gasteiger partial charge in [0.15, 0.2) is 0 Å². The summed E-state index contributed by atoms with van der Waals surface area (Å²) in [7, 11) is 0. The molecule has 19 heavy (non-hydrogen) atoms. The topological polar surface area (TPSA) is 79.0 Å². The number of aromatic amines is 1. The van der Waals surface area contributed by atoms with Crippen LogP contribution in [0.25, 0.3) is 0 Å². The quantitative estimate of drug-likeness (QED) is 0.894. The lowest BCUT2D eigenvalue weighted by Crippen LogP contribution is -2.31. The first-order valence-electron chi connectivity index (χ1n) is 6.02. The molecular weight excluding hydrogens is 264 g/mol. The Balaban J connectivity index is 1.86. The molecule has 2 aromatic rings. The van der Waals surface area contributed by atoms with Gasteiger partial charge in [0.1, 0.15) is 10.7 Å². The van der Waals surface area contributed by atoms with Crippen molar-refractivity contribution in [3.63, 3.8) is 0 Å². The van der Waals surface area contributed by atoms with Crippen molar-refractivity contribution in [3.8, 4) is 0 Å². The van der Waals surface area contributed by atoms with Gasteiger partial charge in [0.05, 0.1) is 6.04 Å². The second-order valence-corrected chi connectivity index (χ2v) is 5.26. The third-order valence-electron chi connectivity index (χ3n) is 3.15. The molecule has 6 nitrogen and oxygen atoms in total. The first kappa shape index (κ1) is 12.0. The monoisotopic (exact) mass is 276 g/mol. The van der Waals surface area contributed by atoms with E-state index in [0.717, 1.165) is 17.8 Å². The van der Waals surface area contributed by atoms with Crippen molar-refractivity contribution >= 4 is 17.2 Å². The molecule has 1 saturated heterocycles. The molecule has 1 aliphatic rings. The number of nitrogens with one attached hydrogen (secondary N) is 1. The normalized spacial score (nSPS) is 18.7. The predicted octanol–water partition coefficient (Wildman–Crippen LogP) is 1.20. The lowest BCUT2D eigenvalue weighted by Gasteiger charge is -2.22. The van der Waals surface area contributed by atoms with Crippen molar-refractivity contribution in [2.75, 3.05) is 6.54 Å². The van der Waals surface area contributed by atoms with E-state index in [1.54, 1.807) is 22.4 Å². The molecule has 7 heteroatoms. The molecule has 0 aliphatic carbocycles. The van der Waals surface area contributed by atoms with Gasteiger partial charge in [0.25, 0.3) is 11.5 Å². The first-order valence-corrected chi connectivity index (χ1v) is 6.90. The zero-order valence-corrected chi connectivity index (χ0v) is 10.9. The molecule has 1 amide bonds. The highest BCUT2D eigenvalue weighted by atomic mass is 32.1. The number of aromatic nitrogens is 3. The SMILES string of the molecule is O=C(c1ccc(=O)[nH]n1)N1CCCC1c1nccs1. The molecule has 1 aliphatic heterocycles. The Kier molecular flexibility index (Phi) is 3.12. The average Bonchev–Trinajstić information content (AvgIpc) is 3.09. The maximum Gasteiger partial charge on any atom is 0.274 e. The molecule has 3 heterocycles. The highest BCUT2D eigenvalue weighted by Gasteiger charge is 2.32. The summed E-state index contributed by atoms with van der Waals surface area (Å²) in [6.45, 7) is 0.698. The number of hydrogen-bond donors (Lipinski definition) is 1. The molecule has 3 rings (SSSR count). The van der Waals surface area contributed by atoms with E-state index in [1.165, 1.54) is 12.1 Å². The van der Waals surface area contributed by atoms with E-state index in [0.29, 0.717) is 6.54 Å². The van der Waals surface area contributed by atoms with Gasteiger partial charge < -0.3 is 4.90 Å². The number of hydrogen-bond acceptors (Lipinski definition) is 5. The van der Waals surface area contributed by atoms with Gasteiger partial charge in [-0.15, -0.1) is 11.3 Å². The van der Waals surface area contributed by atoms with Crippen LogP contribution in [-0.2, 0) is 0 Å². The van der Waals surface area contributed by atoms with Crippen molar-refractivity contribution in [2.24, 2.45) is 0 Å². The summed E-state index contributed by atoms with van der Waals surface area (Å²) in [6.07, 6.45) is 3.63. The van der Waals surface area contributed by atoms with E-state index in [1.807, 2.05) is 5.38 Å². The van der Waals surface area contributed by atoms with E-state index >= 15 is 0 Å². The smallest absolute Gasteiger partial charge is 0.274 e. The molecule has 1 atom stereocenters. The molecule has 2 aromatic heterocycles. The zero-order chi connectivity index (χ0) is 13.2. The van der Waals surface area contributed by atoms with E-state index in [4.69, 9.17) is 0 Å². The molecule has 98 valence electrons. The largest absolute Gasteiger partial charge is 0.328 e. The van der Waals surface area contributed by atoms with Crippen molar-refractivity contribution in [2.45, 2.75) is 18.9 Å². The first-order chi connectivity index (χ1) is 9.25. The molecular formula is C12H12N4O2S. The minimum absolute atomic E-state index is 0.0289. The Morgan fingerprint density at radius 3 is 3.05 bits per heavy atom. The molecule has 0 spiro atoms. The lowest BCUT2D eigenvalue weighted by atomic mass is 10.2. The summed E-state index contributed by atoms with van der Waals surface area (Å²) < 4.78 is 0. The van der Waals surface area contributed by atoms with Crippen LogP contribution in [-0.4, -0.2) is 32.5 Å². The zero-order valence-electron chi connectivity index (χ0n) is 10.1. The van der Waals surface area contributed by atoms with Crippen LogP contribution in [0.3, 0.4) is 0 Å². The van der Waals surface area contributed by atoms with Crippen LogP contribution < -0.4 is 5.56 Å². The summed E-state index contributed by atoms with van der Waals surface area (Å²) in [6, 6.07) is 2.80. The fourth-order valence-electron chi connectivity index (χ4n) is 2.28. The Morgan fingerprint density at radius 1 is 1.47 bits per heavy atom. The third kappa shape index (κ3) is 2.28. The number of thiazole rings is 1. The fourth-order valence-corrected chi connectivity index (χ4v) is 3.06. The number of nitrogens with zero attached hydrogens (tertiary/aromatic N) is 3. The number of H-pyrrole nitrogens is 1. The second kappa shape index (κ2) is 4.93. The van der Waals surface area contributed by atoms with Gasteiger partial charge >= 0.3 is 0 Å². The van der Waals surface area contributed by atoms with Gasteiger partial charge in [-0.2, -0.15) is 5.10 Å². The number of rotatable bonds is 2. The van der Waals surface area contributed by atoms with E-state index in [2.05, 4.69) is 15.2 Å². The number of carbonyl (C=O) groups excluding carboxylic acids is 1. The van der Waals surface area contributed by atoms with E-state index < -0.39 is 0 Å². The Morgan fingerprint density at radius 2 is 2.37 bits per heavy atom. The van der Waals surface area contributed by atoms with Crippen LogP contribution in [0.15, 0.2) is 28.5 Å². The van der Waals surface area contributed by atoms with Crippen LogP contribution in [0.1, 0.15) is 34.4 Å². The van der Waals surface area contributed by atoms with Gasteiger partial charge in [0.2, 0.25) is 0 Å². The minimum atomic E-state index is -0.311. The summed E-state index contributed by atoms with van der Waals surface area (Å²) >= 11 is 1.56. The average molecular weight is 276 g/mol. The number of likely N-dealkylation sites (tertiary alicyclic amines) is 1. The highest BCUT2D eigenvalue weighted by Crippen LogP contribution is 2.33. The van der Waals surface area contributed by atoms with Gasteiger partial charge in [0, 0.05) is 24.2 Å². The molecule has 0 saturated carbocycles. The van der Waals surface area contributed by atoms with Crippen molar-refractivity contribution in [3.05, 3.63) is 44.8 Å². The standard InChI is InChI=1S/C12H12N4O2S/c17-10-4-3-8(14-15-10)12(18)16-6-1-2-9(16)11-13-5-7-19-11/h3-5,7,9H,1-2,6H2,(H,15,17). The van der Waals surface area contributed by atoms with Crippen molar-refractivity contribution in [1.82, 2.24) is 20.1 Å². The Hall–Kier alpha value is -2.02. The van der Waals surface area contributed by atoms with Crippen LogP contribution in [0.2, 0.25) is 0 Å². The van der Waals surface area contributed by atoms with Gasteiger partial charge in [-0.1, -0.05) is 0 Å². The maximum atomic E-state index is 12.4. The lowest BCUT2D eigenvalue weighted by molar-refractivity contribution is 0.0728. The van der Waals surface area contributed by atoms with E-state index in [-0.39, 0.29) is 23.2 Å². The fraction of sp³-hybridized carbons (Fsp3) is 0.333. The third-order valence-corrected chi connectivity index (χ3v) is 4.03. The number of carbonyl (C=O) groups is 1. The predicted molar refractivity (Wildman–Crippen MR) is 70.0 cm³/mol. The maximum absolute atomic E-state index is 12.4. The van der Waals surface area contributed by atoms with Crippen LogP contribution >= 0.6 is 11.3 Å². The van der Waals surface area contributed by atoms with Crippen LogP contribution in [0.4, 0.5) is 0 Å². The summed E-state index contributed by atoms with van der Waals surface area (Å²) in [5.74, 6) is -0.158. The molecule has 1 unspecified atom stereocenters. The summed E-state index contributed by atoms with van der Waals surface area (Å²) in [5, 5.41) is 8.95. The second-order valence-electron chi connectivity index (χ2n) is 4.33. The summed E-state index contributed by atoms with van der Waals surface area (Å²) in [5.41, 5.74) is -0.0440. The molecule has 0 radical (unpaired) electrons. The summed E-state index contributed by atoms with van der Waals surface area (Å²) in [4.78, 5) is 29.4. The van der Waals surface area contributed by atoms with Gasteiger partial charge in [-0.3, -0.25) is 9.59 Å². The number of amides is 1. The van der Waals surface area contributed by atoms with Gasteiger partial charge in [-0.25, -0.2) is 10.1 Å². The molecule has 1 fully saturated rings. The Bertz CT molecular complexity index is 617. The minimum Gasteiger partial charge on any atom is -0.328 e. The van der Waals surface area contributed by atoms with Crippen molar-refractivity contribution < 1.29 is 4.79 Å². The molecule has 0 aromatic carbocycles. The highest BCUT2D eigenvalue weighted by molar-refractivity contribution is 7.09. The molecule has 0 bridgehead atoms. The van der Waals surface area contributed by atoms with Crippen LogP contribution in [0.5, 0.6) is 0 Å². The van der Waals surface area contributed by atoms with Crippen LogP contribution in [0, 0.1) is 0 Å². The van der Waals surface area contributed by atoms with Crippen molar-refractivity contribution in [1.29, 1.82) is 0 Å². The van der Waals surface area contributed by atoms with Gasteiger partial charge in [-0.05, 0) is 18.9 Å². The van der Waals surface area contributed by atoms with E-state index in [9.17, 15) is 9.59 Å². The molecule has 1 N–H and O–H groups in total.